The highest BCUT2D eigenvalue weighted by molar-refractivity contribution is 5.28. The van der Waals surface area contributed by atoms with Crippen molar-refractivity contribution in [3.05, 3.63) is 11.1 Å². The Bertz CT molecular complexity index is 227. The average molecular weight is 210 g/mol. The molecule has 0 aromatic rings. The summed E-state index contributed by atoms with van der Waals surface area (Å²) in [6.07, 6.45) is 2.13. The van der Waals surface area contributed by atoms with Gasteiger partial charge in [-0.1, -0.05) is 19.4 Å². The Morgan fingerprint density at radius 3 is 2.13 bits per heavy atom. The molecule has 0 rings (SSSR count). The molecule has 0 amide bonds. The van der Waals surface area contributed by atoms with E-state index >= 15 is 0 Å². The third kappa shape index (κ3) is 5.12. The quantitative estimate of drug-likeness (QED) is 0.530. The van der Waals surface area contributed by atoms with E-state index in [4.69, 9.17) is 5.73 Å². The van der Waals surface area contributed by atoms with Gasteiger partial charge in [-0.05, 0) is 51.8 Å². The maximum absolute atomic E-state index is 5.79. The number of hydrogen-bond acceptors (Lipinski definition) is 2. The molecular formula is C13H26N2. The molecule has 2 N–H and O–H groups in total. The zero-order chi connectivity index (χ0) is 12.0. The minimum absolute atomic E-state index is 0.232. The van der Waals surface area contributed by atoms with E-state index in [9.17, 15) is 0 Å². The molecular weight excluding hydrogens is 184 g/mol. The average Bonchev–Trinajstić information content (AvgIpc) is 2.15. The summed E-state index contributed by atoms with van der Waals surface area (Å²) in [7, 11) is 0. The number of allylic oxidation sites excluding steroid dienone is 1. The molecule has 2 heteroatoms. The molecule has 2 unspecified atom stereocenters. The summed E-state index contributed by atoms with van der Waals surface area (Å²) in [5.41, 5.74) is 8.65. The van der Waals surface area contributed by atoms with E-state index in [1.165, 1.54) is 11.1 Å². The van der Waals surface area contributed by atoms with E-state index in [0.717, 1.165) is 12.8 Å². The third-order valence-electron chi connectivity index (χ3n) is 2.97. The smallest absolute Gasteiger partial charge is 0.0673 e. The highest BCUT2D eigenvalue weighted by Gasteiger charge is 2.12. The van der Waals surface area contributed by atoms with Crippen LogP contribution in [-0.2, 0) is 0 Å². The van der Waals surface area contributed by atoms with E-state index in [1.807, 2.05) is 0 Å². The van der Waals surface area contributed by atoms with Crippen LogP contribution in [0.5, 0.6) is 0 Å². The molecule has 0 aliphatic rings. The molecule has 88 valence electrons. The first kappa shape index (κ1) is 14.4. The van der Waals surface area contributed by atoms with Gasteiger partial charge in [-0.15, -0.1) is 0 Å². The Kier molecular flexibility index (Phi) is 6.50. The van der Waals surface area contributed by atoms with Crippen molar-refractivity contribution in [2.75, 3.05) is 0 Å². The lowest BCUT2D eigenvalue weighted by Gasteiger charge is -2.19. The summed E-state index contributed by atoms with van der Waals surface area (Å²) in [6.45, 7) is 14.4. The molecule has 0 fully saturated rings. The SMILES string of the molecule is C=NC(C)/C(C)=C(\CCC(C)N)C(C)C. The van der Waals surface area contributed by atoms with Gasteiger partial charge in [0.15, 0.2) is 0 Å². The van der Waals surface area contributed by atoms with Gasteiger partial charge in [0, 0.05) is 6.04 Å². The van der Waals surface area contributed by atoms with Crippen LogP contribution >= 0.6 is 0 Å². The van der Waals surface area contributed by atoms with Crippen molar-refractivity contribution >= 4 is 6.72 Å². The van der Waals surface area contributed by atoms with E-state index in [0.29, 0.717) is 5.92 Å². The Labute approximate surface area is 94.7 Å². The van der Waals surface area contributed by atoms with Crippen LogP contribution in [-0.4, -0.2) is 18.8 Å². The van der Waals surface area contributed by atoms with Crippen LogP contribution in [0.25, 0.3) is 0 Å². The summed E-state index contributed by atoms with van der Waals surface area (Å²) < 4.78 is 0. The van der Waals surface area contributed by atoms with Crippen LogP contribution in [0.15, 0.2) is 16.1 Å². The van der Waals surface area contributed by atoms with Crippen molar-refractivity contribution < 1.29 is 0 Å². The first-order chi connectivity index (χ1) is 6.90. The van der Waals surface area contributed by atoms with Crippen molar-refractivity contribution in [2.45, 2.75) is 59.5 Å². The van der Waals surface area contributed by atoms with Gasteiger partial charge in [0.1, 0.15) is 0 Å². The molecule has 0 radical (unpaired) electrons. The highest BCUT2D eigenvalue weighted by atomic mass is 14.7. The second-order valence-electron chi connectivity index (χ2n) is 4.74. The normalized spacial score (nSPS) is 17.3. The van der Waals surface area contributed by atoms with Crippen LogP contribution in [0.2, 0.25) is 0 Å². The zero-order valence-electron chi connectivity index (χ0n) is 10.9. The molecule has 0 heterocycles. The summed E-state index contributed by atoms with van der Waals surface area (Å²) in [5, 5.41) is 0. The van der Waals surface area contributed by atoms with Crippen LogP contribution in [0.4, 0.5) is 0 Å². The molecule has 0 aliphatic carbocycles. The lowest BCUT2D eigenvalue weighted by atomic mass is 9.90. The molecule has 0 bridgehead atoms. The first-order valence-electron chi connectivity index (χ1n) is 5.81. The predicted octanol–water partition coefficient (Wildman–Crippen LogP) is 3.18. The molecule has 0 aliphatic heterocycles. The molecule has 2 nitrogen and oxygen atoms in total. The molecule has 15 heavy (non-hydrogen) atoms. The van der Waals surface area contributed by atoms with Crippen molar-refractivity contribution in [3.8, 4) is 0 Å². The Morgan fingerprint density at radius 1 is 1.27 bits per heavy atom. The second-order valence-corrected chi connectivity index (χ2v) is 4.74. The summed E-state index contributed by atoms with van der Waals surface area (Å²) in [6, 6.07) is 0.508. The van der Waals surface area contributed by atoms with Crippen LogP contribution < -0.4 is 5.73 Å². The summed E-state index contributed by atoms with van der Waals surface area (Å²) in [4.78, 5) is 4.08. The largest absolute Gasteiger partial charge is 0.328 e. The van der Waals surface area contributed by atoms with Gasteiger partial charge in [0.25, 0.3) is 0 Å². The Morgan fingerprint density at radius 2 is 1.80 bits per heavy atom. The fourth-order valence-corrected chi connectivity index (χ4v) is 1.73. The second kappa shape index (κ2) is 6.78. The molecule has 0 saturated carbocycles. The topological polar surface area (TPSA) is 38.4 Å². The number of hydrogen-bond donors (Lipinski definition) is 1. The standard InChI is InChI=1S/C13H26N2/c1-9(2)13(8-7-10(3)14)11(4)12(5)15-6/h9-10,12H,6-8,14H2,1-5H3/b13-11+. The zero-order valence-corrected chi connectivity index (χ0v) is 10.9. The van der Waals surface area contributed by atoms with Crippen molar-refractivity contribution in [1.29, 1.82) is 0 Å². The van der Waals surface area contributed by atoms with Crippen LogP contribution in [0.1, 0.15) is 47.5 Å². The van der Waals surface area contributed by atoms with Gasteiger partial charge in [0.2, 0.25) is 0 Å². The Hall–Kier alpha value is -0.630. The van der Waals surface area contributed by atoms with Crippen molar-refractivity contribution in [1.82, 2.24) is 0 Å². The predicted molar refractivity (Wildman–Crippen MR) is 69.4 cm³/mol. The fraction of sp³-hybridized carbons (Fsp3) is 0.769. The maximum atomic E-state index is 5.79. The van der Waals surface area contributed by atoms with Crippen LogP contribution in [0.3, 0.4) is 0 Å². The summed E-state index contributed by atoms with van der Waals surface area (Å²) in [5.74, 6) is 0.577. The minimum atomic E-state index is 0.232. The number of rotatable bonds is 6. The summed E-state index contributed by atoms with van der Waals surface area (Å²) >= 11 is 0. The monoisotopic (exact) mass is 210 g/mol. The molecule has 0 spiro atoms. The van der Waals surface area contributed by atoms with Gasteiger partial charge >= 0.3 is 0 Å². The number of nitrogens with zero attached hydrogens (tertiary/aromatic N) is 1. The van der Waals surface area contributed by atoms with E-state index < -0.39 is 0 Å². The van der Waals surface area contributed by atoms with Crippen molar-refractivity contribution in [2.24, 2.45) is 16.6 Å². The molecule has 2 atom stereocenters. The van der Waals surface area contributed by atoms with Crippen molar-refractivity contribution in [3.63, 3.8) is 0 Å². The number of aliphatic imine (C=N–C) groups is 1. The lowest BCUT2D eigenvalue weighted by molar-refractivity contribution is 0.604. The molecule has 0 aromatic carbocycles. The molecule has 0 aromatic heterocycles. The maximum Gasteiger partial charge on any atom is 0.0673 e. The lowest BCUT2D eigenvalue weighted by Crippen LogP contribution is -2.16. The fourth-order valence-electron chi connectivity index (χ4n) is 1.73. The van der Waals surface area contributed by atoms with Gasteiger partial charge in [-0.25, -0.2) is 0 Å². The van der Waals surface area contributed by atoms with Gasteiger partial charge < -0.3 is 5.73 Å². The first-order valence-corrected chi connectivity index (χ1v) is 5.81. The van der Waals surface area contributed by atoms with Gasteiger partial charge in [-0.2, -0.15) is 0 Å². The Balaban J connectivity index is 4.69. The number of nitrogens with two attached hydrogens (primary N) is 1. The van der Waals surface area contributed by atoms with E-state index in [1.54, 1.807) is 0 Å². The minimum Gasteiger partial charge on any atom is -0.328 e. The van der Waals surface area contributed by atoms with E-state index in [2.05, 4.69) is 46.3 Å². The molecule has 0 saturated heterocycles. The van der Waals surface area contributed by atoms with E-state index in [-0.39, 0.29) is 12.1 Å². The van der Waals surface area contributed by atoms with Gasteiger partial charge in [-0.3, -0.25) is 4.99 Å². The van der Waals surface area contributed by atoms with Crippen LogP contribution in [0, 0.1) is 5.92 Å². The van der Waals surface area contributed by atoms with Gasteiger partial charge in [0.05, 0.1) is 6.04 Å². The third-order valence-corrected chi connectivity index (χ3v) is 2.97. The highest BCUT2D eigenvalue weighted by Crippen LogP contribution is 2.23.